The summed E-state index contributed by atoms with van der Waals surface area (Å²) in [4.78, 5) is 11.0. The fourth-order valence-electron chi connectivity index (χ4n) is 1.72. The molecule has 0 amide bonds. The minimum absolute atomic E-state index is 0.418. The van der Waals surface area contributed by atoms with Crippen molar-refractivity contribution in [2.24, 2.45) is 0 Å². The van der Waals surface area contributed by atoms with Crippen LogP contribution in [0.2, 0.25) is 0 Å². The van der Waals surface area contributed by atoms with Gasteiger partial charge >= 0.3 is 0 Å². The average Bonchev–Trinajstić information content (AvgIpc) is 2.26. The van der Waals surface area contributed by atoms with Crippen LogP contribution in [0.1, 0.15) is 72.1 Å². The number of hydrogen-bond donors (Lipinski definition) is 1. The average molecular weight is 227 g/mol. The van der Waals surface area contributed by atoms with Crippen molar-refractivity contribution in [3.63, 3.8) is 0 Å². The van der Waals surface area contributed by atoms with Gasteiger partial charge in [0, 0.05) is 18.9 Å². The highest BCUT2D eigenvalue weighted by Crippen LogP contribution is 2.07. The first-order valence-electron chi connectivity index (χ1n) is 6.92. The molecular weight excluding hydrogens is 198 g/mol. The lowest BCUT2D eigenvalue weighted by atomic mass is 10.1. The molecule has 2 nitrogen and oxygen atoms in total. The highest BCUT2D eigenvalue weighted by atomic mass is 16.1. The lowest BCUT2D eigenvalue weighted by Gasteiger charge is -2.07. The van der Waals surface area contributed by atoms with E-state index in [1.54, 1.807) is 0 Å². The Morgan fingerprint density at radius 2 is 1.56 bits per heavy atom. The first-order chi connectivity index (χ1) is 7.66. The second-order valence-corrected chi connectivity index (χ2v) is 4.87. The van der Waals surface area contributed by atoms with Gasteiger partial charge in [0.2, 0.25) is 0 Å². The van der Waals surface area contributed by atoms with Crippen LogP contribution in [0.5, 0.6) is 0 Å². The Morgan fingerprint density at radius 1 is 1.00 bits per heavy atom. The van der Waals surface area contributed by atoms with E-state index in [0.717, 1.165) is 19.4 Å². The summed E-state index contributed by atoms with van der Waals surface area (Å²) in [7, 11) is 0. The Labute approximate surface area is 101 Å². The zero-order chi connectivity index (χ0) is 12.2. The van der Waals surface area contributed by atoms with Crippen molar-refractivity contribution in [3.8, 4) is 0 Å². The predicted molar refractivity (Wildman–Crippen MR) is 70.8 cm³/mol. The van der Waals surface area contributed by atoms with Gasteiger partial charge in [-0.3, -0.25) is 4.79 Å². The summed E-state index contributed by atoms with van der Waals surface area (Å²) in [5, 5.41) is 3.43. The Kier molecular flexibility index (Phi) is 10.9. The molecule has 0 spiro atoms. The van der Waals surface area contributed by atoms with Gasteiger partial charge in [0.25, 0.3) is 0 Å². The van der Waals surface area contributed by atoms with Crippen molar-refractivity contribution in [2.45, 2.75) is 78.2 Å². The number of ketones is 1. The molecule has 0 aliphatic rings. The number of hydrogen-bond acceptors (Lipinski definition) is 2. The van der Waals surface area contributed by atoms with Crippen LogP contribution < -0.4 is 5.32 Å². The third-order valence-corrected chi connectivity index (χ3v) is 2.83. The number of carbonyl (C=O) groups excluding carboxylic acids is 1. The third-order valence-electron chi connectivity index (χ3n) is 2.83. The molecule has 2 heteroatoms. The molecule has 1 N–H and O–H groups in total. The smallest absolute Gasteiger partial charge is 0.132 e. The zero-order valence-corrected chi connectivity index (χ0v) is 11.3. The van der Waals surface area contributed by atoms with Crippen LogP contribution in [0.3, 0.4) is 0 Å². The molecule has 0 bridgehead atoms. The minimum atomic E-state index is 0.418. The summed E-state index contributed by atoms with van der Waals surface area (Å²) in [5.74, 6) is 0.418. The van der Waals surface area contributed by atoms with E-state index in [1.807, 2.05) is 6.92 Å². The second kappa shape index (κ2) is 11.1. The van der Waals surface area contributed by atoms with E-state index >= 15 is 0 Å². The molecule has 0 atom stereocenters. The summed E-state index contributed by atoms with van der Waals surface area (Å²) >= 11 is 0. The SMILES string of the molecule is CCC(=O)CCCCCCCCNC(C)C. The minimum Gasteiger partial charge on any atom is -0.315 e. The van der Waals surface area contributed by atoms with Crippen LogP contribution >= 0.6 is 0 Å². The molecule has 0 heterocycles. The van der Waals surface area contributed by atoms with E-state index < -0.39 is 0 Å². The van der Waals surface area contributed by atoms with Crippen LogP contribution in [-0.2, 0) is 4.79 Å². The molecule has 16 heavy (non-hydrogen) atoms. The number of nitrogens with one attached hydrogen (secondary N) is 1. The largest absolute Gasteiger partial charge is 0.315 e. The van der Waals surface area contributed by atoms with E-state index in [2.05, 4.69) is 19.2 Å². The first-order valence-corrected chi connectivity index (χ1v) is 6.92. The van der Waals surface area contributed by atoms with Crippen molar-refractivity contribution in [1.82, 2.24) is 5.32 Å². The molecule has 0 rings (SSSR count). The maximum atomic E-state index is 11.0. The molecule has 0 aromatic rings. The van der Waals surface area contributed by atoms with Crippen molar-refractivity contribution in [2.75, 3.05) is 6.54 Å². The molecule has 96 valence electrons. The lowest BCUT2D eigenvalue weighted by Crippen LogP contribution is -2.23. The van der Waals surface area contributed by atoms with E-state index in [1.165, 1.54) is 32.1 Å². The van der Waals surface area contributed by atoms with Gasteiger partial charge in [-0.2, -0.15) is 0 Å². The van der Waals surface area contributed by atoms with Crippen molar-refractivity contribution in [1.29, 1.82) is 0 Å². The van der Waals surface area contributed by atoms with Gasteiger partial charge in [-0.15, -0.1) is 0 Å². The molecule has 0 fully saturated rings. The van der Waals surface area contributed by atoms with Gasteiger partial charge in [-0.05, 0) is 19.4 Å². The first kappa shape index (κ1) is 15.6. The summed E-state index contributed by atoms with van der Waals surface area (Å²) < 4.78 is 0. The maximum absolute atomic E-state index is 11.0. The molecule has 0 aromatic heterocycles. The van der Waals surface area contributed by atoms with Crippen molar-refractivity contribution >= 4 is 5.78 Å². The van der Waals surface area contributed by atoms with E-state index in [9.17, 15) is 4.79 Å². The quantitative estimate of drug-likeness (QED) is 0.545. The molecule has 0 aliphatic heterocycles. The van der Waals surface area contributed by atoms with Gasteiger partial charge < -0.3 is 5.32 Å². The van der Waals surface area contributed by atoms with Crippen molar-refractivity contribution in [3.05, 3.63) is 0 Å². The monoisotopic (exact) mass is 227 g/mol. The Hall–Kier alpha value is -0.370. The van der Waals surface area contributed by atoms with E-state index in [0.29, 0.717) is 18.2 Å². The van der Waals surface area contributed by atoms with E-state index in [4.69, 9.17) is 0 Å². The fourth-order valence-corrected chi connectivity index (χ4v) is 1.72. The predicted octanol–water partition coefficient (Wildman–Crippen LogP) is 3.69. The number of Topliss-reactive ketones (excluding diaryl/α,β-unsaturated/α-hetero) is 1. The molecule has 0 aliphatic carbocycles. The standard InChI is InChI=1S/C14H29NO/c1-4-14(16)11-9-7-5-6-8-10-12-15-13(2)3/h13,15H,4-12H2,1-3H3. The highest BCUT2D eigenvalue weighted by molar-refractivity contribution is 5.77. The fraction of sp³-hybridized carbons (Fsp3) is 0.929. The van der Waals surface area contributed by atoms with Gasteiger partial charge in [-0.25, -0.2) is 0 Å². The van der Waals surface area contributed by atoms with Crippen LogP contribution in [0.25, 0.3) is 0 Å². The third kappa shape index (κ3) is 11.7. The summed E-state index contributed by atoms with van der Waals surface area (Å²) in [5.41, 5.74) is 0. The molecule has 0 saturated carbocycles. The van der Waals surface area contributed by atoms with E-state index in [-0.39, 0.29) is 0 Å². The Morgan fingerprint density at radius 3 is 2.12 bits per heavy atom. The Bertz CT molecular complexity index is 166. The normalized spacial score (nSPS) is 11.0. The maximum Gasteiger partial charge on any atom is 0.132 e. The molecule has 0 radical (unpaired) electrons. The zero-order valence-electron chi connectivity index (χ0n) is 11.3. The van der Waals surface area contributed by atoms with Crippen LogP contribution in [-0.4, -0.2) is 18.4 Å². The molecular formula is C14H29NO. The number of carbonyl (C=O) groups is 1. The topological polar surface area (TPSA) is 29.1 Å². The van der Waals surface area contributed by atoms with Crippen LogP contribution in [0, 0.1) is 0 Å². The number of unbranched alkanes of at least 4 members (excludes halogenated alkanes) is 5. The lowest BCUT2D eigenvalue weighted by molar-refractivity contribution is -0.118. The molecule has 0 aromatic carbocycles. The van der Waals surface area contributed by atoms with Gasteiger partial charge in [-0.1, -0.05) is 46.5 Å². The summed E-state index contributed by atoms with van der Waals surface area (Å²) in [6.07, 6.45) is 9.04. The van der Waals surface area contributed by atoms with Crippen LogP contribution in [0.4, 0.5) is 0 Å². The van der Waals surface area contributed by atoms with Gasteiger partial charge in [0.1, 0.15) is 5.78 Å². The number of rotatable bonds is 11. The van der Waals surface area contributed by atoms with Crippen molar-refractivity contribution < 1.29 is 4.79 Å². The van der Waals surface area contributed by atoms with Crippen LogP contribution in [0.15, 0.2) is 0 Å². The van der Waals surface area contributed by atoms with Gasteiger partial charge in [0.15, 0.2) is 0 Å². The summed E-state index contributed by atoms with van der Waals surface area (Å²) in [6, 6.07) is 0.611. The Balaban J connectivity index is 3.01. The molecule has 0 saturated heterocycles. The van der Waals surface area contributed by atoms with Gasteiger partial charge in [0.05, 0.1) is 0 Å². The molecule has 0 unspecified atom stereocenters. The summed E-state index contributed by atoms with van der Waals surface area (Å²) in [6.45, 7) is 7.46. The highest BCUT2D eigenvalue weighted by Gasteiger charge is 1.97. The second-order valence-electron chi connectivity index (χ2n) is 4.87.